The highest BCUT2D eigenvalue weighted by molar-refractivity contribution is 7.99. The van der Waals surface area contributed by atoms with Crippen molar-refractivity contribution in [3.05, 3.63) is 77.6 Å². The number of thioether (sulfide) groups is 1. The van der Waals surface area contributed by atoms with Gasteiger partial charge >= 0.3 is 0 Å². The van der Waals surface area contributed by atoms with E-state index in [1.165, 1.54) is 30.2 Å². The highest BCUT2D eigenvalue weighted by Gasteiger charge is 2.30. The maximum absolute atomic E-state index is 12.4. The molecular weight excluding hydrogens is 330 g/mol. The number of ketones is 1. The molecule has 1 aliphatic rings. The molecule has 2 aromatic carbocycles. The molecule has 0 bridgehead atoms. The number of carbonyl (C=O) groups excluding carboxylic acids is 1. The molecule has 0 unspecified atom stereocenters. The fourth-order valence-electron chi connectivity index (χ4n) is 2.80. The standard InChI is InChI=1S/C20H19N3OS/c24-18(16-9-5-2-6-10-16)14-25-20-22-21-19(17-11-12-17)23(20)13-15-7-3-1-4-8-15/h1-10,17H,11-14H2. The second kappa shape index (κ2) is 7.23. The maximum Gasteiger partial charge on any atom is 0.191 e. The van der Waals surface area contributed by atoms with Crippen molar-refractivity contribution >= 4 is 17.5 Å². The van der Waals surface area contributed by atoms with Gasteiger partial charge < -0.3 is 4.57 Å². The number of aromatic nitrogens is 3. The fourth-order valence-corrected chi connectivity index (χ4v) is 3.64. The van der Waals surface area contributed by atoms with E-state index in [1.54, 1.807) is 0 Å². The lowest BCUT2D eigenvalue weighted by atomic mass is 10.2. The summed E-state index contributed by atoms with van der Waals surface area (Å²) in [6.07, 6.45) is 2.36. The molecule has 0 aliphatic heterocycles. The van der Waals surface area contributed by atoms with Crippen LogP contribution in [0.2, 0.25) is 0 Å². The molecule has 1 fully saturated rings. The third-order valence-electron chi connectivity index (χ3n) is 4.30. The highest BCUT2D eigenvalue weighted by atomic mass is 32.2. The van der Waals surface area contributed by atoms with Crippen molar-refractivity contribution in [3.63, 3.8) is 0 Å². The van der Waals surface area contributed by atoms with E-state index in [0.29, 0.717) is 11.7 Å². The third-order valence-corrected chi connectivity index (χ3v) is 5.27. The number of hydrogen-bond donors (Lipinski definition) is 0. The van der Waals surface area contributed by atoms with Crippen LogP contribution in [0.3, 0.4) is 0 Å². The first kappa shape index (κ1) is 16.1. The monoisotopic (exact) mass is 349 g/mol. The van der Waals surface area contributed by atoms with Gasteiger partial charge in [0.2, 0.25) is 0 Å². The van der Waals surface area contributed by atoms with Gasteiger partial charge in [0.15, 0.2) is 10.9 Å². The predicted molar refractivity (Wildman–Crippen MR) is 99.0 cm³/mol. The van der Waals surface area contributed by atoms with Crippen LogP contribution in [0.5, 0.6) is 0 Å². The average Bonchev–Trinajstić information content (AvgIpc) is 3.43. The van der Waals surface area contributed by atoms with E-state index in [9.17, 15) is 4.79 Å². The molecule has 0 atom stereocenters. The Morgan fingerprint density at radius 1 is 1.00 bits per heavy atom. The molecule has 0 radical (unpaired) electrons. The first-order chi connectivity index (χ1) is 12.3. The molecular formula is C20H19N3OS. The highest BCUT2D eigenvalue weighted by Crippen LogP contribution is 2.40. The molecule has 5 heteroatoms. The topological polar surface area (TPSA) is 47.8 Å². The molecule has 3 aromatic rings. The van der Waals surface area contributed by atoms with E-state index >= 15 is 0 Å². The molecule has 126 valence electrons. The van der Waals surface area contributed by atoms with Crippen LogP contribution in [0, 0.1) is 0 Å². The Morgan fingerprint density at radius 2 is 1.68 bits per heavy atom. The van der Waals surface area contributed by atoms with Crippen molar-refractivity contribution in [3.8, 4) is 0 Å². The molecule has 1 saturated carbocycles. The van der Waals surface area contributed by atoms with Crippen LogP contribution in [0.4, 0.5) is 0 Å². The SMILES string of the molecule is O=C(CSc1nnc(C2CC2)n1Cc1ccccc1)c1ccccc1. The van der Waals surface area contributed by atoms with Crippen LogP contribution in [0.1, 0.15) is 40.5 Å². The Balaban J connectivity index is 1.52. The molecule has 4 rings (SSSR count). The summed E-state index contributed by atoms with van der Waals surface area (Å²) in [7, 11) is 0. The summed E-state index contributed by atoms with van der Waals surface area (Å²) < 4.78 is 2.18. The van der Waals surface area contributed by atoms with Crippen LogP contribution in [-0.2, 0) is 6.54 Å². The van der Waals surface area contributed by atoms with Crippen LogP contribution in [-0.4, -0.2) is 26.3 Å². The van der Waals surface area contributed by atoms with Crippen molar-refractivity contribution in [1.29, 1.82) is 0 Å². The molecule has 0 amide bonds. The zero-order valence-corrected chi connectivity index (χ0v) is 14.7. The molecule has 4 nitrogen and oxygen atoms in total. The van der Waals surface area contributed by atoms with Gasteiger partial charge in [-0.1, -0.05) is 72.4 Å². The minimum absolute atomic E-state index is 0.118. The zero-order valence-electron chi connectivity index (χ0n) is 13.8. The predicted octanol–water partition coefficient (Wildman–Crippen LogP) is 4.18. The van der Waals surface area contributed by atoms with Crippen molar-refractivity contribution in [2.45, 2.75) is 30.5 Å². The van der Waals surface area contributed by atoms with Gasteiger partial charge in [-0.2, -0.15) is 0 Å². The minimum Gasteiger partial charge on any atom is -0.301 e. The lowest BCUT2D eigenvalue weighted by Crippen LogP contribution is -2.08. The number of nitrogens with zero attached hydrogens (tertiary/aromatic N) is 3. The number of rotatable bonds is 7. The lowest BCUT2D eigenvalue weighted by molar-refractivity contribution is 0.102. The van der Waals surface area contributed by atoms with Gasteiger partial charge in [0.25, 0.3) is 0 Å². The molecule has 25 heavy (non-hydrogen) atoms. The van der Waals surface area contributed by atoms with E-state index in [2.05, 4.69) is 26.9 Å². The van der Waals surface area contributed by atoms with Gasteiger partial charge in [0.05, 0.1) is 12.3 Å². The normalized spacial score (nSPS) is 13.8. The van der Waals surface area contributed by atoms with Gasteiger partial charge in [-0.15, -0.1) is 10.2 Å². The van der Waals surface area contributed by atoms with Crippen molar-refractivity contribution < 1.29 is 4.79 Å². The Kier molecular flexibility index (Phi) is 4.65. The first-order valence-electron chi connectivity index (χ1n) is 8.49. The number of hydrogen-bond acceptors (Lipinski definition) is 4. The molecule has 0 saturated heterocycles. The largest absolute Gasteiger partial charge is 0.301 e. The Morgan fingerprint density at radius 3 is 2.36 bits per heavy atom. The summed E-state index contributed by atoms with van der Waals surface area (Å²) in [6.45, 7) is 0.752. The van der Waals surface area contributed by atoms with Crippen molar-refractivity contribution in [1.82, 2.24) is 14.8 Å². The van der Waals surface area contributed by atoms with E-state index in [1.807, 2.05) is 48.5 Å². The maximum atomic E-state index is 12.4. The average molecular weight is 349 g/mol. The summed E-state index contributed by atoms with van der Waals surface area (Å²) >= 11 is 1.48. The first-order valence-corrected chi connectivity index (χ1v) is 9.48. The van der Waals surface area contributed by atoms with E-state index in [-0.39, 0.29) is 5.78 Å². The zero-order chi connectivity index (χ0) is 17.1. The van der Waals surface area contributed by atoms with Crippen LogP contribution in [0.25, 0.3) is 0 Å². The van der Waals surface area contributed by atoms with Gasteiger partial charge in [0.1, 0.15) is 5.82 Å². The fraction of sp³-hybridized carbons (Fsp3) is 0.250. The molecule has 1 aliphatic carbocycles. The van der Waals surface area contributed by atoms with E-state index in [0.717, 1.165) is 23.1 Å². The Labute approximate surface area is 151 Å². The second-order valence-electron chi connectivity index (χ2n) is 6.26. The number of Topliss-reactive ketones (excluding diaryl/α,β-unsaturated/α-hetero) is 1. The Hall–Kier alpha value is -2.40. The molecule has 1 aromatic heterocycles. The summed E-state index contributed by atoms with van der Waals surface area (Å²) in [6, 6.07) is 19.7. The summed E-state index contributed by atoms with van der Waals surface area (Å²) in [4.78, 5) is 12.4. The summed E-state index contributed by atoms with van der Waals surface area (Å²) in [5, 5.41) is 9.60. The third kappa shape index (κ3) is 3.82. The second-order valence-corrected chi connectivity index (χ2v) is 7.21. The van der Waals surface area contributed by atoms with Crippen LogP contribution in [0.15, 0.2) is 65.8 Å². The van der Waals surface area contributed by atoms with Crippen LogP contribution >= 0.6 is 11.8 Å². The Bertz CT molecular complexity index is 857. The molecule has 0 N–H and O–H groups in total. The van der Waals surface area contributed by atoms with Crippen LogP contribution < -0.4 is 0 Å². The van der Waals surface area contributed by atoms with Gasteiger partial charge in [-0.3, -0.25) is 4.79 Å². The van der Waals surface area contributed by atoms with Crippen molar-refractivity contribution in [2.24, 2.45) is 0 Å². The van der Waals surface area contributed by atoms with Crippen molar-refractivity contribution in [2.75, 3.05) is 5.75 Å². The van der Waals surface area contributed by atoms with Gasteiger partial charge in [0, 0.05) is 11.5 Å². The summed E-state index contributed by atoms with van der Waals surface area (Å²) in [5.41, 5.74) is 1.96. The quantitative estimate of drug-likeness (QED) is 0.474. The molecule has 0 spiro atoms. The lowest BCUT2D eigenvalue weighted by Gasteiger charge is -2.10. The number of carbonyl (C=O) groups is 1. The smallest absolute Gasteiger partial charge is 0.191 e. The van der Waals surface area contributed by atoms with E-state index in [4.69, 9.17) is 0 Å². The van der Waals surface area contributed by atoms with Gasteiger partial charge in [-0.05, 0) is 18.4 Å². The minimum atomic E-state index is 0.118. The molecule has 1 heterocycles. The van der Waals surface area contributed by atoms with Gasteiger partial charge in [-0.25, -0.2) is 0 Å². The number of benzene rings is 2. The summed E-state index contributed by atoms with van der Waals surface area (Å²) in [5.74, 6) is 2.07. The van der Waals surface area contributed by atoms with E-state index < -0.39 is 0 Å².